The fraction of sp³-hybridized carbons (Fsp3) is 0.500. The van der Waals surface area contributed by atoms with E-state index in [2.05, 4.69) is 10.3 Å². The molecule has 0 spiro atoms. The number of hydrogen-bond donors (Lipinski definition) is 1. The zero-order valence-electron chi connectivity index (χ0n) is 9.96. The monoisotopic (exact) mass is 265 g/mol. The lowest BCUT2D eigenvalue weighted by Crippen LogP contribution is -2.34. The molecule has 0 amide bonds. The van der Waals surface area contributed by atoms with Crippen molar-refractivity contribution in [2.75, 3.05) is 18.8 Å². The van der Waals surface area contributed by atoms with Crippen LogP contribution >= 0.6 is 0 Å². The molecule has 1 fully saturated rings. The number of piperidine rings is 1. The Labute approximate surface area is 107 Å². The lowest BCUT2D eigenvalue weighted by Gasteiger charge is -2.22. The Morgan fingerprint density at radius 2 is 2.39 bits per heavy atom. The summed E-state index contributed by atoms with van der Waals surface area (Å²) in [6.07, 6.45) is 3.31. The zero-order chi connectivity index (χ0) is 13.0. The second kappa shape index (κ2) is 5.46. The molecule has 1 unspecified atom stereocenters. The van der Waals surface area contributed by atoms with Crippen LogP contribution in [0.1, 0.15) is 18.4 Å². The van der Waals surface area contributed by atoms with Crippen LogP contribution < -0.4 is 5.32 Å². The molecular formula is C12H15N3O2S. The van der Waals surface area contributed by atoms with Crippen LogP contribution in [0.5, 0.6) is 0 Å². The minimum atomic E-state index is -3.48. The molecule has 2 heterocycles. The Morgan fingerprint density at radius 3 is 3.06 bits per heavy atom. The molecule has 0 aliphatic carbocycles. The lowest BCUT2D eigenvalue weighted by molar-refractivity contribution is 0.403. The molecule has 18 heavy (non-hydrogen) atoms. The molecule has 1 atom stereocenters. The summed E-state index contributed by atoms with van der Waals surface area (Å²) in [6.45, 7) is 1.66. The van der Waals surface area contributed by atoms with Crippen LogP contribution in [0.3, 0.4) is 0 Å². The van der Waals surface area contributed by atoms with Crippen molar-refractivity contribution in [3.63, 3.8) is 0 Å². The summed E-state index contributed by atoms with van der Waals surface area (Å²) >= 11 is 0. The first-order chi connectivity index (χ1) is 8.63. The summed E-state index contributed by atoms with van der Waals surface area (Å²) in [5.41, 5.74) is 0.126. The van der Waals surface area contributed by atoms with Gasteiger partial charge in [-0.15, -0.1) is 0 Å². The Bertz CT molecular complexity index is 557. The van der Waals surface area contributed by atoms with Gasteiger partial charge in [-0.25, -0.2) is 13.4 Å². The molecule has 6 heteroatoms. The summed E-state index contributed by atoms with van der Waals surface area (Å²) < 4.78 is 24.5. The minimum Gasteiger partial charge on any atom is -0.316 e. The summed E-state index contributed by atoms with van der Waals surface area (Å²) in [5.74, 6) is 0.170. The van der Waals surface area contributed by atoms with Crippen LogP contribution in [0, 0.1) is 17.2 Å². The highest BCUT2D eigenvalue weighted by molar-refractivity contribution is 7.91. The SMILES string of the molecule is N#Cc1cccnc1S(=O)(=O)CC1CCCNC1. The molecule has 96 valence electrons. The second-order valence-electron chi connectivity index (χ2n) is 4.46. The van der Waals surface area contributed by atoms with Crippen molar-refractivity contribution in [2.24, 2.45) is 5.92 Å². The van der Waals surface area contributed by atoms with Crippen LogP contribution in [0.25, 0.3) is 0 Å². The second-order valence-corrected chi connectivity index (χ2v) is 6.41. The van der Waals surface area contributed by atoms with Gasteiger partial charge in [-0.1, -0.05) is 0 Å². The Kier molecular flexibility index (Phi) is 3.94. The number of hydrogen-bond acceptors (Lipinski definition) is 5. The maximum Gasteiger partial charge on any atom is 0.197 e. The molecule has 1 aliphatic rings. The molecule has 1 saturated heterocycles. The predicted octanol–water partition coefficient (Wildman–Crippen LogP) is 0.727. The van der Waals surface area contributed by atoms with Crippen molar-refractivity contribution in [3.05, 3.63) is 23.9 Å². The maximum atomic E-state index is 12.2. The first-order valence-corrected chi connectivity index (χ1v) is 7.57. The summed E-state index contributed by atoms with van der Waals surface area (Å²) in [7, 11) is -3.48. The van der Waals surface area contributed by atoms with Crippen molar-refractivity contribution >= 4 is 9.84 Å². The third-order valence-corrected chi connectivity index (χ3v) is 4.86. The highest BCUT2D eigenvalue weighted by Crippen LogP contribution is 2.19. The van der Waals surface area contributed by atoms with E-state index in [4.69, 9.17) is 5.26 Å². The highest BCUT2D eigenvalue weighted by Gasteiger charge is 2.26. The molecule has 5 nitrogen and oxygen atoms in total. The first-order valence-electron chi connectivity index (χ1n) is 5.92. The minimum absolute atomic E-state index is 0.0612. The molecule has 0 radical (unpaired) electrons. The topological polar surface area (TPSA) is 82.8 Å². The third-order valence-electron chi connectivity index (χ3n) is 3.04. The number of nitriles is 1. The van der Waals surface area contributed by atoms with Crippen LogP contribution in [0.2, 0.25) is 0 Å². The molecule has 1 aliphatic heterocycles. The van der Waals surface area contributed by atoms with Crippen LogP contribution in [0.4, 0.5) is 0 Å². The third kappa shape index (κ3) is 2.86. The van der Waals surface area contributed by atoms with E-state index in [0.29, 0.717) is 6.54 Å². The quantitative estimate of drug-likeness (QED) is 0.871. The number of sulfone groups is 1. The standard InChI is InChI=1S/C12H15N3O2S/c13-7-11-4-2-6-15-12(11)18(16,17)9-10-3-1-5-14-8-10/h2,4,6,10,14H,1,3,5,8-9H2. The van der Waals surface area contributed by atoms with E-state index < -0.39 is 9.84 Å². The number of nitrogens with one attached hydrogen (secondary N) is 1. The molecule has 2 rings (SSSR count). The van der Waals surface area contributed by atoms with E-state index in [9.17, 15) is 8.42 Å². The predicted molar refractivity (Wildman–Crippen MR) is 66.6 cm³/mol. The van der Waals surface area contributed by atoms with Gasteiger partial charge in [-0.3, -0.25) is 0 Å². The number of pyridine rings is 1. The summed E-state index contributed by atoms with van der Waals surface area (Å²) in [5, 5.41) is 12.0. The van der Waals surface area contributed by atoms with Gasteiger partial charge in [0.15, 0.2) is 14.9 Å². The van der Waals surface area contributed by atoms with Crippen LogP contribution in [-0.2, 0) is 9.84 Å². The van der Waals surface area contributed by atoms with Crippen LogP contribution in [-0.4, -0.2) is 32.2 Å². The van der Waals surface area contributed by atoms with Crippen LogP contribution in [0.15, 0.2) is 23.4 Å². The number of rotatable bonds is 3. The first kappa shape index (κ1) is 13.0. The van der Waals surface area contributed by atoms with Gasteiger partial charge < -0.3 is 5.32 Å². The Hall–Kier alpha value is -1.45. The largest absolute Gasteiger partial charge is 0.316 e. The van der Waals surface area contributed by atoms with Gasteiger partial charge in [-0.05, 0) is 44.0 Å². The summed E-state index contributed by atoms with van der Waals surface area (Å²) in [6, 6.07) is 4.94. The Morgan fingerprint density at radius 1 is 1.56 bits per heavy atom. The zero-order valence-corrected chi connectivity index (χ0v) is 10.8. The normalized spacial score (nSPS) is 20.3. The van der Waals surface area contributed by atoms with E-state index in [-0.39, 0.29) is 22.3 Å². The Balaban J connectivity index is 2.22. The molecule has 1 N–H and O–H groups in total. The fourth-order valence-corrected chi connectivity index (χ4v) is 3.91. The van der Waals surface area contributed by atoms with E-state index in [1.807, 2.05) is 6.07 Å². The molecule has 0 bridgehead atoms. The van der Waals surface area contributed by atoms with Gasteiger partial charge >= 0.3 is 0 Å². The molecule has 1 aromatic heterocycles. The lowest BCUT2D eigenvalue weighted by atomic mass is 10.0. The van der Waals surface area contributed by atoms with Crippen molar-refractivity contribution in [3.8, 4) is 6.07 Å². The van der Waals surface area contributed by atoms with Crippen molar-refractivity contribution < 1.29 is 8.42 Å². The van der Waals surface area contributed by atoms with E-state index in [0.717, 1.165) is 19.4 Å². The van der Waals surface area contributed by atoms with Gasteiger partial charge in [0.25, 0.3) is 0 Å². The fourth-order valence-electron chi connectivity index (χ4n) is 2.18. The molecule has 0 saturated carbocycles. The van der Waals surface area contributed by atoms with E-state index in [1.165, 1.54) is 12.3 Å². The van der Waals surface area contributed by atoms with Gasteiger partial charge in [0.05, 0.1) is 11.3 Å². The van der Waals surface area contributed by atoms with E-state index in [1.54, 1.807) is 6.07 Å². The van der Waals surface area contributed by atoms with Gasteiger partial charge in [0.2, 0.25) is 0 Å². The smallest absolute Gasteiger partial charge is 0.197 e. The number of nitrogens with zero attached hydrogens (tertiary/aromatic N) is 2. The maximum absolute atomic E-state index is 12.2. The van der Waals surface area contributed by atoms with E-state index >= 15 is 0 Å². The summed E-state index contributed by atoms with van der Waals surface area (Å²) in [4.78, 5) is 3.86. The van der Waals surface area contributed by atoms with Crippen molar-refractivity contribution in [1.29, 1.82) is 5.26 Å². The van der Waals surface area contributed by atoms with Crippen molar-refractivity contribution in [2.45, 2.75) is 17.9 Å². The average molecular weight is 265 g/mol. The van der Waals surface area contributed by atoms with Gasteiger partial charge in [-0.2, -0.15) is 5.26 Å². The number of aromatic nitrogens is 1. The van der Waals surface area contributed by atoms with Crippen molar-refractivity contribution in [1.82, 2.24) is 10.3 Å². The highest BCUT2D eigenvalue weighted by atomic mass is 32.2. The van der Waals surface area contributed by atoms with Gasteiger partial charge in [0, 0.05) is 6.20 Å². The molecule has 0 aromatic carbocycles. The average Bonchev–Trinajstić information content (AvgIpc) is 2.39. The molecular weight excluding hydrogens is 250 g/mol. The molecule has 1 aromatic rings. The van der Waals surface area contributed by atoms with Gasteiger partial charge in [0.1, 0.15) is 6.07 Å².